The number of nitrogens with two attached hydrogens (primary N) is 1. The minimum Gasteiger partial charge on any atom is -0.480 e. The highest BCUT2D eigenvalue weighted by Gasteiger charge is 2.28. The zero-order valence-corrected chi connectivity index (χ0v) is 47.1. The number of hydrogen-bond donors (Lipinski definition) is 3. The molecular formula is C52H72N14O7S2. The maximum Gasteiger partial charge on any atom is 0.410 e. The van der Waals surface area contributed by atoms with Crippen molar-refractivity contribution in [2.24, 2.45) is 5.73 Å². The van der Waals surface area contributed by atoms with Crippen LogP contribution in [0.2, 0.25) is 0 Å². The molecule has 0 spiro atoms. The third kappa shape index (κ3) is 20.2. The Morgan fingerprint density at radius 2 is 1.19 bits per heavy atom. The molecule has 0 aromatic carbocycles. The van der Waals surface area contributed by atoms with Crippen LogP contribution in [0.5, 0.6) is 0 Å². The zero-order chi connectivity index (χ0) is 55.6. The number of ether oxygens (including phenoxy) is 2. The van der Waals surface area contributed by atoms with E-state index < -0.39 is 41.4 Å². The summed E-state index contributed by atoms with van der Waals surface area (Å²) in [5.41, 5.74) is 7.57. The van der Waals surface area contributed by atoms with Gasteiger partial charge < -0.3 is 40.3 Å². The minimum atomic E-state index is -1.06. The van der Waals surface area contributed by atoms with Gasteiger partial charge in [0.2, 0.25) is 0 Å². The first kappa shape index (κ1) is 60.3. The second-order valence-corrected chi connectivity index (χ2v) is 21.6. The van der Waals surface area contributed by atoms with E-state index in [-0.39, 0.29) is 5.78 Å². The predicted molar refractivity (Wildman–Crippen MR) is 295 cm³/mol. The standard InChI is InChI=1S/C26H35N7O3S.C17H20N6S.C9H17NO4/c1-17(33(7)25(35)36-26(3,4)5)20(34)9-8-14-32(6)23-15-22(29-18(2)30-23)31-24-28-16-21(37-24)19-10-12-27-13-11-19;1-12-21-14(9-16(22-12)23(2)8-5-18)10-17-20-11-15(24-17)13-3-6-19-7-4-13;1-6(7(11)12)10(5)8(13)14-9(2,3)4/h10-13,15-17H,8-9,14H2,1-7H3,(H,28,29,30,31);3-4,6-7,9,11H,5,8,10,18H2,1-2H3;6H,1-5H3,(H,11,12)/t17-;;6-/m0.0/s1. The van der Waals surface area contributed by atoms with E-state index in [1.807, 2.05) is 86.5 Å². The minimum absolute atomic E-state index is 0.0169. The van der Waals surface area contributed by atoms with Crippen LogP contribution < -0.4 is 20.9 Å². The highest BCUT2D eigenvalue weighted by Crippen LogP contribution is 2.31. The van der Waals surface area contributed by atoms with Gasteiger partial charge >= 0.3 is 18.2 Å². The Labute approximate surface area is 448 Å². The van der Waals surface area contributed by atoms with Crippen molar-refractivity contribution in [2.45, 2.75) is 112 Å². The van der Waals surface area contributed by atoms with Crippen molar-refractivity contribution in [1.82, 2.24) is 49.7 Å². The van der Waals surface area contributed by atoms with Gasteiger partial charge in [-0.2, -0.15) is 0 Å². The van der Waals surface area contributed by atoms with Crippen molar-refractivity contribution in [3.63, 3.8) is 0 Å². The number of nitrogens with one attached hydrogen (secondary N) is 1. The fraction of sp³-hybridized carbons (Fsp3) is 0.462. The van der Waals surface area contributed by atoms with Gasteiger partial charge in [0.25, 0.3) is 0 Å². The molecule has 6 aromatic heterocycles. The van der Waals surface area contributed by atoms with Gasteiger partial charge in [0.05, 0.1) is 26.5 Å². The molecule has 0 aliphatic heterocycles. The number of carboxylic acid groups (broad SMARTS) is 1. The number of carbonyl (C=O) groups is 4. The number of ketones is 1. The van der Waals surface area contributed by atoms with E-state index in [4.69, 9.17) is 20.3 Å². The number of aryl methyl sites for hydroxylation is 2. The average molecular weight is 1070 g/mol. The number of rotatable bonds is 18. The summed E-state index contributed by atoms with van der Waals surface area (Å²) < 4.78 is 10.4. The van der Waals surface area contributed by atoms with Crippen LogP contribution in [0.3, 0.4) is 0 Å². The molecule has 0 bridgehead atoms. The number of nitrogens with zero attached hydrogens (tertiary/aromatic N) is 12. The lowest BCUT2D eigenvalue weighted by molar-refractivity contribution is -0.142. The molecule has 6 rings (SSSR count). The van der Waals surface area contributed by atoms with Crippen LogP contribution >= 0.6 is 22.7 Å². The van der Waals surface area contributed by atoms with Gasteiger partial charge in [-0.15, -0.1) is 11.3 Å². The molecule has 0 unspecified atom stereocenters. The van der Waals surface area contributed by atoms with E-state index in [2.05, 4.69) is 45.2 Å². The highest BCUT2D eigenvalue weighted by atomic mass is 32.1. The summed E-state index contributed by atoms with van der Waals surface area (Å²) in [4.78, 5) is 90.6. The number of aliphatic carboxylic acids is 1. The molecule has 21 nitrogen and oxygen atoms in total. The molecule has 4 N–H and O–H groups in total. The number of Topliss-reactive ketones (excluding diaryl/α,β-unsaturated/α-hetero) is 1. The van der Waals surface area contributed by atoms with Crippen molar-refractivity contribution in [3.8, 4) is 20.9 Å². The number of carbonyl (C=O) groups excluding carboxylic acids is 3. The summed E-state index contributed by atoms with van der Waals surface area (Å²) in [6.07, 6.45) is 11.3. The van der Waals surface area contributed by atoms with E-state index in [1.54, 1.807) is 91.6 Å². The number of pyridine rings is 2. The Morgan fingerprint density at radius 1 is 0.693 bits per heavy atom. The van der Waals surface area contributed by atoms with E-state index in [0.717, 1.165) is 65.6 Å². The molecule has 2 atom stereocenters. The lowest BCUT2D eigenvalue weighted by atomic mass is 10.1. The quantitative estimate of drug-likeness (QED) is 0.0726. The number of anilines is 4. The first-order valence-corrected chi connectivity index (χ1v) is 25.8. The van der Waals surface area contributed by atoms with Crippen LogP contribution in [-0.4, -0.2) is 150 Å². The maximum absolute atomic E-state index is 12.7. The van der Waals surface area contributed by atoms with E-state index in [9.17, 15) is 19.2 Å². The van der Waals surface area contributed by atoms with Crippen LogP contribution in [0.1, 0.15) is 90.6 Å². The monoisotopic (exact) mass is 1070 g/mol. The van der Waals surface area contributed by atoms with Crippen molar-refractivity contribution in [1.29, 1.82) is 0 Å². The molecule has 0 aliphatic carbocycles. The Kier molecular flexibility index (Phi) is 22.4. The summed E-state index contributed by atoms with van der Waals surface area (Å²) in [5, 5.41) is 13.7. The first-order chi connectivity index (χ1) is 35.2. The molecular weight excluding hydrogens is 997 g/mol. The molecule has 75 heavy (non-hydrogen) atoms. The first-order valence-electron chi connectivity index (χ1n) is 24.2. The van der Waals surface area contributed by atoms with Gasteiger partial charge in [-0.05, 0) is 111 Å². The van der Waals surface area contributed by atoms with Crippen molar-refractivity contribution < 1.29 is 33.8 Å². The summed E-state index contributed by atoms with van der Waals surface area (Å²) in [5.74, 6) is 2.60. The van der Waals surface area contributed by atoms with Crippen molar-refractivity contribution in [2.75, 3.05) is 62.9 Å². The van der Waals surface area contributed by atoms with Crippen LogP contribution in [0, 0.1) is 13.8 Å². The molecule has 0 aliphatic rings. The predicted octanol–water partition coefficient (Wildman–Crippen LogP) is 8.70. The van der Waals surface area contributed by atoms with E-state index >= 15 is 0 Å². The van der Waals surface area contributed by atoms with Gasteiger partial charge in [0, 0.05) is 110 Å². The molecule has 6 heterocycles. The zero-order valence-electron chi connectivity index (χ0n) is 45.5. The highest BCUT2D eigenvalue weighted by molar-refractivity contribution is 7.19. The summed E-state index contributed by atoms with van der Waals surface area (Å²) in [7, 11) is 6.90. The molecule has 0 saturated heterocycles. The van der Waals surface area contributed by atoms with Gasteiger partial charge in [0.1, 0.15) is 46.3 Å². The van der Waals surface area contributed by atoms with Gasteiger partial charge in [-0.3, -0.25) is 19.7 Å². The molecule has 2 amide bonds. The van der Waals surface area contributed by atoms with E-state index in [0.29, 0.717) is 44.0 Å². The van der Waals surface area contributed by atoms with Crippen LogP contribution in [-0.2, 0) is 25.5 Å². The number of thiazole rings is 2. The molecule has 23 heteroatoms. The fourth-order valence-electron chi connectivity index (χ4n) is 6.49. The summed E-state index contributed by atoms with van der Waals surface area (Å²) in [6.45, 7) is 19.4. The molecule has 0 radical (unpaired) electrons. The molecule has 404 valence electrons. The Morgan fingerprint density at radius 3 is 1.72 bits per heavy atom. The maximum atomic E-state index is 12.7. The second-order valence-electron chi connectivity index (χ2n) is 19.4. The van der Waals surface area contributed by atoms with Crippen LogP contribution in [0.15, 0.2) is 73.6 Å². The molecule has 0 saturated carbocycles. The summed E-state index contributed by atoms with van der Waals surface area (Å²) in [6, 6.07) is 10.3. The van der Waals surface area contributed by atoms with Crippen molar-refractivity contribution in [3.05, 3.63) is 95.9 Å². The third-order valence-electron chi connectivity index (χ3n) is 10.8. The van der Waals surface area contributed by atoms with Crippen molar-refractivity contribution >= 4 is 69.2 Å². The largest absolute Gasteiger partial charge is 0.480 e. The molecule has 0 fully saturated rings. The lowest BCUT2D eigenvalue weighted by Gasteiger charge is -2.28. The van der Waals surface area contributed by atoms with Crippen LogP contribution in [0.4, 0.5) is 32.2 Å². The molecule has 6 aromatic rings. The third-order valence-corrected chi connectivity index (χ3v) is 12.8. The number of carboxylic acids is 1. The normalized spacial score (nSPS) is 11.9. The van der Waals surface area contributed by atoms with Gasteiger partial charge in [0.15, 0.2) is 10.9 Å². The number of amides is 2. The van der Waals surface area contributed by atoms with Crippen LogP contribution in [0.25, 0.3) is 20.9 Å². The average Bonchev–Trinajstić information content (AvgIpc) is 4.02. The lowest BCUT2D eigenvalue weighted by Crippen LogP contribution is -2.43. The topological polar surface area (TPSA) is 261 Å². The van der Waals surface area contributed by atoms with E-state index in [1.165, 1.54) is 30.2 Å². The Hall–Kier alpha value is -7.24. The van der Waals surface area contributed by atoms with Gasteiger partial charge in [-0.1, -0.05) is 11.3 Å². The summed E-state index contributed by atoms with van der Waals surface area (Å²) >= 11 is 3.21. The Bertz CT molecular complexity index is 2780. The number of aromatic nitrogens is 8. The fourth-order valence-corrected chi connectivity index (χ4v) is 8.25. The SMILES string of the molecule is C[C@@H](C(=O)O)N(C)C(=O)OC(C)(C)C.Cc1nc(Cc2ncc(-c3ccncc3)s2)cc(N(C)CCN)n1.Cc1nc(Nc2ncc(-c3ccncc3)s2)cc(N(C)CCCC(=O)[C@H](C)N(C)C(=O)OC(C)(C)C)n1. The number of hydrogen-bond acceptors (Lipinski definition) is 20. The smallest absolute Gasteiger partial charge is 0.410 e. The number of likely N-dealkylation sites (N-methyl/N-ethyl adjacent to an activating group) is 3. The second kappa shape index (κ2) is 27.9. The Balaban J connectivity index is 0.000000273. The van der Waals surface area contributed by atoms with Gasteiger partial charge in [-0.25, -0.2) is 44.3 Å².